The van der Waals surface area contributed by atoms with Gasteiger partial charge in [-0.2, -0.15) is 4.31 Å². The fraction of sp³-hybridized carbons (Fsp3) is 0.458. The van der Waals surface area contributed by atoms with E-state index in [4.69, 9.17) is 11.6 Å². The molecule has 0 radical (unpaired) electrons. The number of hydrogen-bond donors (Lipinski definition) is 0. The van der Waals surface area contributed by atoms with E-state index < -0.39 is 10.0 Å². The van der Waals surface area contributed by atoms with Crippen molar-refractivity contribution in [2.24, 2.45) is 0 Å². The number of hydrogen-bond acceptors (Lipinski definition) is 3. The lowest BCUT2D eigenvalue weighted by atomic mass is 9.93. The quantitative estimate of drug-likeness (QED) is 0.489. The molecule has 1 aliphatic heterocycles. The Morgan fingerprint density at radius 1 is 1.10 bits per heavy atom. The van der Waals surface area contributed by atoms with Crippen LogP contribution >= 0.6 is 11.6 Å². The number of unbranched alkanes of at least 4 members (excludes halogenated alkanes) is 3. The second-order valence-electron chi connectivity index (χ2n) is 8.07. The lowest BCUT2D eigenvalue weighted by Gasteiger charge is -2.36. The van der Waals surface area contributed by atoms with Gasteiger partial charge in [0.1, 0.15) is 0 Å². The molecule has 1 atom stereocenters. The van der Waals surface area contributed by atoms with E-state index in [2.05, 4.69) is 13.0 Å². The lowest BCUT2D eigenvalue weighted by Crippen LogP contribution is -2.46. The molecule has 0 N–H and O–H groups in total. The average Bonchev–Trinajstić information content (AvgIpc) is 2.76. The highest BCUT2D eigenvalue weighted by molar-refractivity contribution is 7.89. The van der Waals surface area contributed by atoms with Gasteiger partial charge in [-0.3, -0.25) is 4.79 Å². The number of fused-ring (bicyclic) bond motifs is 1. The molecule has 0 aromatic heterocycles. The molecule has 2 aromatic rings. The van der Waals surface area contributed by atoms with Crippen LogP contribution in [0.1, 0.15) is 56.7 Å². The van der Waals surface area contributed by atoms with Gasteiger partial charge in [0.05, 0.1) is 17.5 Å². The fourth-order valence-electron chi connectivity index (χ4n) is 4.11. The third kappa shape index (κ3) is 5.68. The first kappa shape index (κ1) is 23.8. The summed E-state index contributed by atoms with van der Waals surface area (Å²) in [5, 5.41) is 0.477. The Balaban J connectivity index is 1.79. The van der Waals surface area contributed by atoms with Gasteiger partial charge in [-0.05, 0) is 55.2 Å². The standard InChI is InChI=1S/C24H31ClN2O3S/c1-3-4-5-8-16-26(31(29,30)22-13-11-21(25)12-14-22)18-24(28)27-17-15-20-9-6-7-10-23(20)19(27)2/h6-7,9-14,19H,3-5,8,15-18H2,1-2H3. The topological polar surface area (TPSA) is 57.7 Å². The van der Waals surface area contributed by atoms with Crippen LogP contribution < -0.4 is 0 Å². The molecule has 0 saturated heterocycles. The number of nitrogens with zero attached hydrogens (tertiary/aromatic N) is 2. The highest BCUT2D eigenvalue weighted by atomic mass is 35.5. The van der Waals surface area contributed by atoms with Crippen molar-refractivity contribution in [1.29, 1.82) is 0 Å². The van der Waals surface area contributed by atoms with Crippen LogP contribution in [0.15, 0.2) is 53.4 Å². The molecule has 3 rings (SSSR count). The van der Waals surface area contributed by atoms with Crippen LogP contribution in [0.25, 0.3) is 0 Å². The second-order valence-corrected chi connectivity index (χ2v) is 10.4. The maximum atomic E-state index is 13.3. The number of sulfonamides is 1. The van der Waals surface area contributed by atoms with E-state index in [-0.39, 0.29) is 23.4 Å². The van der Waals surface area contributed by atoms with Crippen molar-refractivity contribution in [1.82, 2.24) is 9.21 Å². The maximum absolute atomic E-state index is 13.3. The van der Waals surface area contributed by atoms with Gasteiger partial charge in [-0.25, -0.2) is 8.42 Å². The van der Waals surface area contributed by atoms with Gasteiger partial charge in [0.25, 0.3) is 0 Å². The van der Waals surface area contributed by atoms with Gasteiger partial charge in [-0.15, -0.1) is 0 Å². The Kier molecular flexibility index (Phi) is 8.14. The molecule has 168 valence electrons. The van der Waals surface area contributed by atoms with Crippen molar-refractivity contribution in [2.75, 3.05) is 19.6 Å². The summed E-state index contributed by atoms with van der Waals surface area (Å²) < 4.78 is 28.0. The summed E-state index contributed by atoms with van der Waals surface area (Å²) in [5.41, 5.74) is 2.39. The molecule has 5 nitrogen and oxygen atoms in total. The zero-order chi connectivity index (χ0) is 22.4. The van der Waals surface area contributed by atoms with E-state index in [1.54, 1.807) is 17.0 Å². The Labute approximate surface area is 191 Å². The molecule has 1 aliphatic rings. The third-order valence-corrected chi connectivity index (χ3v) is 8.05. The molecular formula is C24H31ClN2O3S. The van der Waals surface area contributed by atoms with E-state index in [1.807, 2.05) is 25.1 Å². The molecule has 1 heterocycles. The van der Waals surface area contributed by atoms with Crippen molar-refractivity contribution in [3.63, 3.8) is 0 Å². The molecule has 1 unspecified atom stereocenters. The summed E-state index contributed by atoms with van der Waals surface area (Å²) in [6.45, 7) is 4.90. The molecule has 0 saturated carbocycles. The van der Waals surface area contributed by atoms with Crippen LogP contribution in [0.3, 0.4) is 0 Å². The van der Waals surface area contributed by atoms with E-state index in [0.717, 1.165) is 37.7 Å². The number of amides is 1. The Morgan fingerprint density at radius 3 is 2.52 bits per heavy atom. The Hall–Kier alpha value is -1.89. The SMILES string of the molecule is CCCCCCN(CC(=O)N1CCc2ccccc2C1C)S(=O)(=O)c1ccc(Cl)cc1. The van der Waals surface area contributed by atoms with Crippen LogP contribution in [0, 0.1) is 0 Å². The van der Waals surface area contributed by atoms with Gasteiger partial charge in [0.2, 0.25) is 15.9 Å². The molecule has 7 heteroatoms. The zero-order valence-corrected chi connectivity index (χ0v) is 19.8. The average molecular weight is 463 g/mol. The number of rotatable bonds is 9. The smallest absolute Gasteiger partial charge is 0.243 e. The summed E-state index contributed by atoms with van der Waals surface area (Å²) in [6, 6.07) is 14.2. The molecule has 0 spiro atoms. The van der Waals surface area contributed by atoms with Crippen molar-refractivity contribution in [3.05, 3.63) is 64.7 Å². The summed E-state index contributed by atoms with van der Waals surface area (Å²) in [6.07, 6.45) is 4.56. The highest BCUT2D eigenvalue weighted by Crippen LogP contribution is 2.29. The van der Waals surface area contributed by atoms with E-state index in [1.165, 1.54) is 22.0 Å². The Bertz CT molecular complexity index is 992. The molecule has 0 aliphatic carbocycles. The van der Waals surface area contributed by atoms with Crippen LogP contribution in [0.2, 0.25) is 5.02 Å². The predicted octanol–water partition coefficient (Wildman–Crippen LogP) is 5.06. The van der Waals surface area contributed by atoms with Gasteiger partial charge in [-0.1, -0.05) is 62.1 Å². The van der Waals surface area contributed by atoms with Gasteiger partial charge in [0.15, 0.2) is 0 Å². The first-order valence-corrected chi connectivity index (χ1v) is 12.8. The van der Waals surface area contributed by atoms with Crippen LogP contribution in [0.4, 0.5) is 0 Å². The maximum Gasteiger partial charge on any atom is 0.243 e. The molecule has 0 fully saturated rings. The van der Waals surface area contributed by atoms with E-state index >= 15 is 0 Å². The first-order chi connectivity index (χ1) is 14.8. The zero-order valence-electron chi connectivity index (χ0n) is 18.3. The van der Waals surface area contributed by atoms with E-state index in [0.29, 0.717) is 18.1 Å². The first-order valence-electron chi connectivity index (χ1n) is 11.0. The summed E-state index contributed by atoms with van der Waals surface area (Å²) in [4.78, 5) is 15.2. The minimum atomic E-state index is -3.79. The highest BCUT2D eigenvalue weighted by Gasteiger charge is 2.32. The molecule has 31 heavy (non-hydrogen) atoms. The fourth-order valence-corrected chi connectivity index (χ4v) is 5.66. The van der Waals surface area contributed by atoms with E-state index in [9.17, 15) is 13.2 Å². The van der Waals surface area contributed by atoms with Gasteiger partial charge in [0, 0.05) is 18.1 Å². The number of halogens is 1. The predicted molar refractivity (Wildman–Crippen MR) is 125 cm³/mol. The monoisotopic (exact) mass is 462 g/mol. The van der Waals surface area contributed by atoms with Crippen molar-refractivity contribution < 1.29 is 13.2 Å². The molecule has 0 bridgehead atoms. The normalized spacial score (nSPS) is 16.4. The largest absolute Gasteiger partial charge is 0.334 e. The third-order valence-electron chi connectivity index (χ3n) is 5.94. The van der Waals surface area contributed by atoms with Crippen LogP contribution in [-0.2, 0) is 21.2 Å². The van der Waals surface area contributed by atoms with Crippen molar-refractivity contribution in [3.8, 4) is 0 Å². The molecule has 1 amide bonds. The van der Waals surface area contributed by atoms with Crippen LogP contribution in [0.5, 0.6) is 0 Å². The molecular weight excluding hydrogens is 432 g/mol. The second kappa shape index (κ2) is 10.6. The molecule has 2 aromatic carbocycles. The summed E-state index contributed by atoms with van der Waals surface area (Å²) in [7, 11) is -3.79. The van der Waals surface area contributed by atoms with Gasteiger partial charge >= 0.3 is 0 Å². The van der Waals surface area contributed by atoms with Crippen molar-refractivity contribution in [2.45, 2.75) is 56.9 Å². The number of carbonyl (C=O) groups is 1. The number of benzene rings is 2. The van der Waals surface area contributed by atoms with Crippen molar-refractivity contribution >= 4 is 27.5 Å². The lowest BCUT2D eigenvalue weighted by molar-refractivity contribution is -0.134. The Morgan fingerprint density at radius 2 is 1.81 bits per heavy atom. The number of carbonyl (C=O) groups excluding carboxylic acids is 1. The summed E-state index contributed by atoms with van der Waals surface area (Å²) >= 11 is 5.93. The minimum Gasteiger partial charge on any atom is -0.334 e. The van der Waals surface area contributed by atoms with Gasteiger partial charge < -0.3 is 4.90 Å². The summed E-state index contributed by atoms with van der Waals surface area (Å²) in [5.74, 6) is -0.157. The van der Waals surface area contributed by atoms with Crippen LogP contribution in [-0.4, -0.2) is 43.2 Å². The minimum absolute atomic E-state index is 0.0716.